The second-order valence-corrected chi connectivity index (χ2v) is 4.65. The number of nitrogens with zero attached hydrogens (tertiary/aromatic N) is 3. The smallest absolute Gasteiger partial charge is 0.248 e. The number of fused-ring (bicyclic) bond motifs is 1. The first-order valence-corrected chi connectivity index (χ1v) is 6.55. The maximum Gasteiger partial charge on any atom is 0.248 e. The quantitative estimate of drug-likeness (QED) is 0.893. The maximum absolute atomic E-state index is 12.5. The van der Waals surface area contributed by atoms with Crippen LogP contribution in [0.2, 0.25) is 0 Å². The zero-order valence-electron chi connectivity index (χ0n) is 11.0. The molecule has 0 saturated heterocycles. The molecule has 20 heavy (non-hydrogen) atoms. The predicted molar refractivity (Wildman–Crippen MR) is 75.5 cm³/mol. The molecule has 6 nitrogen and oxygen atoms in total. The number of hydrogen-bond donors (Lipinski definition) is 1. The number of amides is 1. The van der Waals surface area contributed by atoms with E-state index in [4.69, 9.17) is 10.5 Å². The van der Waals surface area contributed by atoms with Crippen molar-refractivity contribution < 1.29 is 9.53 Å². The van der Waals surface area contributed by atoms with Crippen LogP contribution in [0.1, 0.15) is 6.42 Å². The molecule has 104 valence electrons. The standard InChI is InChI=1S/C14H16N4O2/c15-13-6-8-17(16-13)10-14(19)18-7-3-9-20-12-5-2-1-4-11(12)18/h1-2,4-6,8H,3,7,9-10H2,(H2,15,16). The molecule has 2 heterocycles. The fourth-order valence-electron chi connectivity index (χ4n) is 2.28. The van der Waals surface area contributed by atoms with Gasteiger partial charge in [0.25, 0.3) is 0 Å². The van der Waals surface area contributed by atoms with Crippen molar-refractivity contribution >= 4 is 17.4 Å². The molecule has 0 radical (unpaired) electrons. The van der Waals surface area contributed by atoms with Gasteiger partial charge in [0.2, 0.25) is 5.91 Å². The minimum Gasteiger partial charge on any atom is -0.491 e. The fraction of sp³-hybridized carbons (Fsp3) is 0.286. The van der Waals surface area contributed by atoms with Gasteiger partial charge in [0.05, 0.1) is 12.3 Å². The van der Waals surface area contributed by atoms with Crippen LogP contribution in [0.3, 0.4) is 0 Å². The topological polar surface area (TPSA) is 73.4 Å². The van der Waals surface area contributed by atoms with Crippen LogP contribution in [-0.2, 0) is 11.3 Å². The van der Waals surface area contributed by atoms with E-state index in [1.54, 1.807) is 21.8 Å². The van der Waals surface area contributed by atoms with E-state index < -0.39 is 0 Å². The lowest BCUT2D eigenvalue weighted by Crippen LogP contribution is -2.34. The Hall–Kier alpha value is -2.50. The van der Waals surface area contributed by atoms with Crippen molar-refractivity contribution in [2.45, 2.75) is 13.0 Å². The number of carbonyl (C=O) groups is 1. The Bertz CT molecular complexity index is 623. The average molecular weight is 272 g/mol. The Kier molecular flexibility index (Phi) is 3.28. The van der Waals surface area contributed by atoms with Crippen molar-refractivity contribution in [3.8, 4) is 5.75 Å². The molecule has 0 unspecified atom stereocenters. The summed E-state index contributed by atoms with van der Waals surface area (Å²) in [6.07, 6.45) is 2.51. The molecule has 2 N–H and O–H groups in total. The van der Waals surface area contributed by atoms with Gasteiger partial charge in [-0.15, -0.1) is 0 Å². The summed E-state index contributed by atoms with van der Waals surface area (Å²) < 4.78 is 7.19. The number of hydrogen-bond acceptors (Lipinski definition) is 4. The van der Waals surface area contributed by atoms with Crippen molar-refractivity contribution in [3.63, 3.8) is 0 Å². The van der Waals surface area contributed by atoms with E-state index >= 15 is 0 Å². The second-order valence-electron chi connectivity index (χ2n) is 4.65. The van der Waals surface area contributed by atoms with Gasteiger partial charge < -0.3 is 15.4 Å². The van der Waals surface area contributed by atoms with E-state index in [2.05, 4.69) is 5.10 Å². The highest BCUT2D eigenvalue weighted by molar-refractivity contribution is 5.94. The first kappa shape index (κ1) is 12.5. The van der Waals surface area contributed by atoms with E-state index in [0.717, 1.165) is 17.9 Å². The van der Waals surface area contributed by atoms with Crippen LogP contribution in [0.4, 0.5) is 11.5 Å². The van der Waals surface area contributed by atoms with E-state index in [1.165, 1.54) is 0 Å². The highest BCUT2D eigenvalue weighted by Gasteiger charge is 2.22. The van der Waals surface area contributed by atoms with E-state index in [9.17, 15) is 4.79 Å². The molecule has 6 heteroatoms. The number of carbonyl (C=O) groups excluding carboxylic acids is 1. The van der Waals surface area contributed by atoms with Gasteiger partial charge >= 0.3 is 0 Å². The zero-order valence-corrected chi connectivity index (χ0v) is 11.0. The van der Waals surface area contributed by atoms with Gasteiger partial charge in [-0.1, -0.05) is 12.1 Å². The van der Waals surface area contributed by atoms with Gasteiger partial charge in [0.1, 0.15) is 18.1 Å². The Labute approximate surface area is 116 Å². The molecule has 0 spiro atoms. The Morgan fingerprint density at radius 1 is 1.35 bits per heavy atom. The van der Waals surface area contributed by atoms with Crippen molar-refractivity contribution in [2.75, 3.05) is 23.8 Å². The zero-order chi connectivity index (χ0) is 13.9. The van der Waals surface area contributed by atoms with Gasteiger partial charge in [-0.05, 0) is 24.6 Å². The molecule has 3 rings (SSSR count). The molecule has 0 atom stereocenters. The lowest BCUT2D eigenvalue weighted by atomic mass is 10.2. The normalized spacial score (nSPS) is 14.3. The number of anilines is 2. The van der Waals surface area contributed by atoms with Crippen LogP contribution in [-0.4, -0.2) is 28.8 Å². The van der Waals surface area contributed by atoms with E-state index in [1.807, 2.05) is 24.3 Å². The number of aromatic nitrogens is 2. The van der Waals surface area contributed by atoms with E-state index in [-0.39, 0.29) is 12.5 Å². The fourth-order valence-corrected chi connectivity index (χ4v) is 2.28. The van der Waals surface area contributed by atoms with Gasteiger partial charge in [-0.25, -0.2) is 0 Å². The van der Waals surface area contributed by atoms with Crippen LogP contribution >= 0.6 is 0 Å². The first-order valence-electron chi connectivity index (χ1n) is 6.55. The molecular formula is C14H16N4O2. The molecule has 1 aliphatic heterocycles. The number of rotatable bonds is 2. The lowest BCUT2D eigenvalue weighted by molar-refractivity contribution is -0.119. The van der Waals surface area contributed by atoms with Gasteiger partial charge in [0.15, 0.2) is 0 Å². The minimum absolute atomic E-state index is 0.0222. The lowest BCUT2D eigenvalue weighted by Gasteiger charge is -2.21. The number of nitrogens with two attached hydrogens (primary N) is 1. The van der Waals surface area contributed by atoms with Crippen LogP contribution in [0, 0.1) is 0 Å². The molecule has 0 aliphatic carbocycles. The molecule has 1 aromatic heterocycles. The Morgan fingerprint density at radius 3 is 3.00 bits per heavy atom. The van der Waals surface area contributed by atoms with Crippen molar-refractivity contribution in [2.24, 2.45) is 0 Å². The SMILES string of the molecule is Nc1ccn(CC(=O)N2CCCOc3ccccc32)n1. The van der Waals surface area contributed by atoms with Gasteiger partial charge in [0, 0.05) is 12.7 Å². The minimum atomic E-state index is -0.0222. The summed E-state index contributed by atoms with van der Waals surface area (Å²) in [4.78, 5) is 14.2. The van der Waals surface area contributed by atoms with Gasteiger partial charge in [-0.2, -0.15) is 5.10 Å². The summed E-state index contributed by atoms with van der Waals surface area (Å²) >= 11 is 0. The number of para-hydroxylation sites is 2. The third-order valence-corrected chi connectivity index (χ3v) is 3.20. The van der Waals surface area contributed by atoms with Crippen molar-refractivity contribution in [1.82, 2.24) is 9.78 Å². The Morgan fingerprint density at radius 2 is 2.20 bits per heavy atom. The van der Waals surface area contributed by atoms with Crippen molar-refractivity contribution in [1.29, 1.82) is 0 Å². The molecule has 1 aromatic carbocycles. The van der Waals surface area contributed by atoms with Crippen LogP contribution in [0.25, 0.3) is 0 Å². The maximum atomic E-state index is 12.5. The molecular weight excluding hydrogens is 256 g/mol. The summed E-state index contributed by atoms with van der Waals surface area (Å²) in [5, 5.41) is 4.04. The molecule has 1 amide bonds. The average Bonchev–Trinajstić information content (AvgIpc) is 2.74. The molecule has 0 bridgehead atoms. The van der Waals surface area contributed by atoms with Crippen LogP contribution in [0.15, 0.2) is 36.5 Å². The highest BCUT2D eigenvalue weighted by atomic mass is 16.5. The third kappa shape index (κ3) is 2.45. The van der Waals surface area contributed by atoms with Crippen molar-refractivity contribution in [3.05, 3.63) is 36.5 Å². The highest BCUT2D eigenvalue weighted by Crippen LogP contribution is 2.30. The Balaban J connectivity index is 1.83. The number of ether oxygens (including phenoxy) is 1. The summed E-state index contributed by atoms with van der Waals surface area (Å²) in [5.41, 5.74) is 6.37. The summed E-state index contributed by atoms with van der Waals surface area (Å²) in [6.45, 7) is 1.44. The summed E-state index contributed by atoms with van der Waals surface area (Å²) in [5.74, 6) is 1.14. The molecule has 0 fully saturated rings. The first-order chi connectivity index (χ1) is 9.74. The third-order valence-electron chi connectivity index (χ3n) is 3.20. The number of benzene rings is 1. The molecule has 2 aromatic rings. The van der Waals surface area contributed by atoms with E-state index in [0.29, 0.717) is 19.0 Å². The predicted octanol–water partition coefficient (Wildman–Crippen LogP) is 1.28. The number of nitrogen functional groups attached to an aromatic ring is 1. The summed E-state index contributed by atoms with van der Waals surface area (Å²) in [7, 11) is 0. The molecule has 0 saturated carbocycles. The largest absolute Gasteiger partial charge is 0.491 e. The van der Waals surface area contributed by atoms with Gasteiger partial charge in [-0.3, -0.25) is 9.48 Å². The monoisotopic (exact) mass is 272 g/mol. The molecule has 1 aliphatic rings. The van der Waals surface area contributed by atoms with Crippen LogP contribution < -0.4 is 15.4 Å². The summed E-state index contributed by atoms with van der Waals surface area (Å²) in [6, 6.07) is 9.26. The van der Waals surface area contributed by atoms with Crippen LogP contribution in [0.5, 0.6) is 5.75 Å². The second kappa shape index (κ2) is 5.24.